The molecule has 0 bridgehead atoms. The average molecular weight is 257 g/mol. The van der Waals surface area contributed by atoms with Crippen LogP contribution in [0.1, 0.15) is 11.1 Å². The lowest BCUT2D eigenvalue weighted by atomic mass is 10.1. The molecule has 0 fully saturated rings. The number of ether oxygens (including phenoxy) is 2. The lowest BCUT2D eigenvalue weighted by Crippen LogP contribution is -2.08. The molecule has 0 unspecified atom stereocenters. The Kier molecular flexibility index (Phi) is 4.43. The largest absolute Gasteiger partial charge is 0.495 e. The van der Waals surface area contributed by atoms with Gasteiger partial charge in [0.05, 0.1) is 19.1 Å². The predicted molar refractivity (Wildman–Crippen MR) is 55.7 cm³/mol. The van der Waals surface area contributed by atoms with Gasteiger partial charge in [-0.2, -0.15) is 14.0 Å². The van der Waals surface area contributed by atoms with E-state index in [1.165, 1.54) is 13.2 Å². The third kappa shape index (κ3) is 3.31. The summed E-state index contributed by atoms with van der Waals surface area (Å²) in [5.41, 5.74) is 0.000869. The first-order chi connectivity index (χ1) is 8.47. The molecule has 0 atom stereocenters. The second-order valence-electron chi connectivity index (χ2n) is 3.22. The number of rotatable bonds is 5. The van der Waals surface area contributed by atoms with Gasteiger partial charge in [-0.05, 0) is 6.07 Å². The van der Waals surface area contributed by atoms with Crippen LogP contribution in [0.15, 0.2) is 12.1 Å². The summed E-state index contributed by atoms with van der Waals surface area (Å²) in [6.45, 7) is -3.10. The van der Waals surface area contributed by atoms with Gasteiger partial charge < -0.3 is 14.6 Å². The van der Waals surface area contributed by atoms with Crippen LogP contribution >= 0.6 is 0 Å². The minimum Gasteiger partial charge on any atom is -0.495 e. The normalized spacial score (nSPS) is 9.94. The number of benzene rings is 1. The first-order valence-corrected chi connectivity index (χ1v) is 4.75. The number of methoxy groups -OCH3 is 1. The van der Waals surface area contributed by atoms with Crippen molar-refractivity contribution in [2.75, 3.05) is 7.11 Å². The number of alkyl halides is 2. The van der Waals surface area contributed by atoms with Gasteiger partial charge in [-0.3, -0.25) is 4.79 Å². The molecule has 0 aromatic heterocycles. The van der Waals surface area contributed by atoms with E-state index in [2.05, 4.69) is 4.74 Å². The van der Waals surface area contributed by atoms with Gasteiger partial charge in [-0.25, -0.2) is 0 Å². The molecule has 0 radical (unpaired) electrons. The van der Waals surface area contributed by atoms with Crippen molar-refractivity contribution in [3.05, 3.63) is 23.3 Å². The molecule has 1 N–H and O–H groups in total. The first kappa shape index (κ1) is 13.7. The maximum atomic E-state index is 12.2. The van der Waals surface area contributed by atoms with E-state index in [0.717, 1.165) is 6.07 Å². The van der Waals surface area contributed by atoms with Gasteiger partial charge in [0.25, 0.3) is 0 Å². The van der Waals surface area contributed by atoms with Gasteiger partial charge in [-0.1, -0.05) is 0 Å². The number of carboxylic acid groups (broad SMARTS) is 1. The molecule has 96 valence electrons. The molecule has 0 aliphatic rings. The molecular formula is C11H9F2NO4. The van der Waals surface area contributed by atoms with E-state index in [-0.39, 0.29) is 22.6 Å². The molecule has 0 amide bonds. The highest BCUT2D eigenvalue weighted by Gasteiger charge is 2.16. The Morgan fingerprint density at radius 3 is 2.61 bits per heavy atom. The quantitative estimate of drug-likeness (QED) is 0.869. The van der Waals surface area contributed by atoms with Crippen molar-refractivity contribution >= 4 is 5.97 Å². The van der Waals surface area contributed by atoms with Crippen LogP contribution in [0.2, 0.25) is 0 Å². The lowest BCUT2D eigenvalue weighted by molar-refractivity contribution is -0.136. The third-order valence-corrected chi connectivity index (χ3v) is 2.06. The zero-order valence-electron chi connectivity index (χ0n) is 9.31. The van der Waals surface area contributed by atoms with Crippen molar-refractivity contribution in [3.8, 4) is 17.6 Å². The molecule has 18 heavy (non-hydrogen) atoms. The molecule has 1 aromatic carbocycles. The highest BCUT2D eigenvalue weighted by atomic mass is 19.3. The highest BCUT2D eigenvalue weighted by molar-refractivity contribution is 5.72. The number of hydrogen-bond donors (Lipinski definition) is 1. The zero-order valence-corrected chi connectivity index (χ0v) is 9.31. The lowest BCUT2D eigenvalue weighted by Gasteiger charge is -2.12. The Balaban J connectivity index is 3.27. The fourth-order valence-corrected chi connectivity index (χ4v) is 1.37. The Hall–Kier alpha value is -2.36. The topological polar surface area (TPSA) is 79.6 Å². The minimum atomic E-state index is -3.10. The molecule has 1 aromatic rings. The van der Waals surface area contributed by atoms with E-state index in [4.69, 9.17) is 15.1 Å². The maximum Gasteiger partial charge on any atom is 0.387 e. The van der Waals surface area contributed by atoms with E-state index in [1.54, 1.807) is 6.07 Å². The Morgan fingerprint density at radius 2 is 2.17 bits per heavy atom. The third-order valence-electron chi connectivity index (χ3n) is 2.06. The van der Waals surface area contributed by atoms with Crippen LogP contribution in [0.25, 0.3) is 0 Å². The highest BCUT2D eigenvalue weighted by Crippen LogP contribution is 2.30. The number of aliphatic carboxylic acids is 1. The first-order valence-electron chi connectivity index (χ1n) is 4.75. The second kappa shape index (κ2) is 5.82. The predicted octanol–water partition coefficient (Wildman–Crippen LogP) is 1.80. The molecule has 7 heteroatoms. The summed E-state index contributed by atoms with van der Waals surface area (Å²) in [5.74, 6) is -1.44. The number of nitriles is 1. The Labute approximate surface area is 101 Å². The molecule has 0 spiro atoms. The summed E-state index contributed by atoms with van der Waals surface area (Å²) < 4.78 is 33.4. The average Bonchev–Trinajstić information content (AvgIpc) is 2.29. The SMILES string of the molecule is COc1cc(CC(=O)O)c(OC(F)F)cc1C#N. The van der Waals surface area contributed by atoms with Gasteiger partial charge in [0.2, 0.25) is 0 Å². The van der Waals surface area contributed by atoms with Crippen molar-refractivity contribution in [1.82, 2.24) is 0 Å². The van der Waals surface area contributed by atoms with Gasteiger partial charge in [-0.15, -0.1) is 0 Å². The van der Waals surface area contributed by atoms with Crippen molar-refractivity contribution in [1.29, 1.82) is 5.26 Å². The molecular weight excluding hydrogens is 248 g/mol. The molecule has 0 aliphatic carbocycles. The zero-order chi connectivity index (χ0) is 13.7. The van der Waals surface area contributed by atoms with Crippen LogP contribution in [0.3, 0.4) is 0 Å². The molecule has 0 saturated carbocycles. The summed E-state index contributed by atoms with van der Waals surface area (Å²) in [4.78, 5) is 10.6. The van der Waals surface area contributed by atoms with Crippen molar-refractivity contribution in [2.45, 2.75) is 13.0 Å². The summed E-state index contributed by atoms with van der Waals surface area (Å²) in [7, 11) is 1.29. The molecule has 0 saturated heterocycles. The van der Waals surface area contributed by atoms with Crippen LogP contribution in [0.5, 0.6) is 11.5 Å². The Bertz CT molecular complexity index is 497. The number of carboxylic acids is 1. The van der Waals surface area contributed by atoms with Crippen LogP contribution in [-0.2, 0) is 11.2 Å². The van der Waals surface area contributed by atoms with E-state index in [0.29, 0.717) is 0 Å². The van der Waals surface area contributed by atoms with E-state index < -0.39 is 19.0 Å². The van der Waals surface area contributed by atoms with Gasteiger partial charge in [0, 0.05) is 11.6 Å². The van der Waals surface area contributed by atoms with E-state index in [9.17, 15) is 13.6 Å². The minimum absolute atomic E-state index is 0.0118. The smallest absolute Gasteiger partial charge is 0.387 e. The number of hydrogen-bond acceptors (Lipinski definition) is 4. The van der Waals surface area contributed by atoms with Crippen LogP contribution < -0.4 is 9.47 Å². The fraction of sp³-hybridized carbons (Fsp3) is 0.273. The summed E-state index contributed by atoms with van der Waals surface area (Å²) >= 11 is 0. The monoisotopic (exact) mass is 257 g/mol. The fourth-order valence-electron chi connectivity index (χ4n) is 1.37. The van der Waals surface area contributed by atoms with Crippen molar-refractivity contribution in [2.24, 2.45) is 0 Å². The van der Waals surface area contributed by atoms with Crippen LogP contribution in [-0.4, -0.2) is 24.8 Å². The number of nitrogens with zero attached hydrogens (tertiary/aromatic N) is 1. The summed E-state index contributed by atoms with van der Waals surface area (Å²) in [6.07, 6.45) is -0.510. The van der Waals surface area contributed by atoms with Crippen LogP contribution in [0.4, 0.5) is 8.78 Å². The summed E-state index contributed by atoms with van der Waals surface area (Å²) in [5, 5.41) is 17.5. The second-order valence-corrected chi connectivity index (χ2v) is 3.22. The van der Waals surface area contributed by atoms with E-state index >= 15 is 0 Å². The van der Waals surface area contributed by atoms with Crippen LogP contribution in [0, 0.1) is 11.3 Å². The van der Waals surface area contributed by atoms with E-state index in [1.807, 2.05) is 0 Å². The van der Waals surface area contributed by atoms with Gasteiger partial charge in [0.15, 0.2) is 0 Å². The number of carbonyl (C=O) groups is 1. The molecule has 0 heterocycles. The van der Waals surface area contributed by atoms with Crippen molar-refractivity contribution in [3.63, 3.8) is 0 Å². The molecule has 1 rings (SSSR count). The van der Waals surface area contributed by atoms with Crippen molar-refractivity contribution < 1.29 is 28.2 Å². The standard InChI is InChI=1S/C11H9F2NO4/c1-17-8-2-6(4-10(15)16)9(18-11(12)13)3-7(8)5-14/h2-3,11H,4H2,1H3,(H,15,16). The van der Waals surface area contributed by atoms with Gasteiger partial charge >= 0.3 is 12.6 Å². The maximum absolute atomic E-state index is 12.2. The molecule has 0 aliphatic heterocycles. The summed E-state index contributed by atoms with van der Waals surface area (Å²) in [6, 6.07) is 3.97. The van der Waals surface area contributed by atoms with Gasteiger partial charge in [0.1, 0.15) is 17.6 Å². The Morgan fingerprint density at radius 1 is 1.50 bits per heavy atom. The molecule has 5 nitrogen and oxygen atoms in total. The number of halogens is 2.